The molecule has 0 spiro atoms. The van der Waals surface area contributed by atoms with Crippen molar-refractivity contribution in [2.75, 3.05) is 20.1 Å². The zero-order chi connectivity index (χ0) is 15.7. The normalized spacial score (nSPS) is 16.2. The topological polar surface area (TPSA) is 58.1 Å². The molecule has 2 aromatic rings. The van der Waals surface area contributed by atoms with Crippen molar-refractivity contribution in [3.63, 3.8) is 0 Å². The molecule has 1 fully saturated rings. The molecule has 2 heterocycles. The van der Waals surface area contributed by atoms with Crippen LogP contribution in [0.1, 0.15) is 34.6 Å². The molecule has 0 saturated carbocycles. The molecule has 1 aliphatic heterocycles. The molecule has 22 heavy (non-hydrogen) atoms. The second-order valence-corrected chi connectivity index (χ2v) is 5.95. The van der Waals surface area contributed by atoms with Crippen LogP contribution >= 0.6 is 0 Å². The highest BCUT2D eigenvalue weighted by molar-refractivity contribution is 5.97. The highest BCUT2D eigenvalue weighted by Gasteiger charge is 2.23. The van der Waals surface area contributed by atoms with E-state index >= 15 is 0 Å². The number of nitrogens with one attached hydrogen (secondary N) is 1. The van der Waals surface area contributed by atoms with Crippen molar-refractivity contribution in [2.45, 2.75) is 32.7 Å². The molecule has 1 aromatic carbocycles. The molecule has 1 saturated heterocycles. The third-order valence-electron chi connectivity index (χ3n) is 4.51. The van der Waals surface area contributed by atoms with Gasteiger partial charge >= 0.3 is 0 Å². The van der Waals surface area contributed by atoms with Crippen molar-refractivity contribution in [3.8, 4) is 0 Å². The van der Waals surface area contributed by atoms with E-state index in [1.54, 1.807) is 0 Å². The Labute approximate surface area is 130 Å². The smallest absolute Gasteiger partial charge is 0.253 e. The summed E-state index contributed by atoms with van der Waals surface area (Å²) in [6, 6.07) is 6.14. The molecular formula is C17H22N4O. The molecule has 5 nitrogen and oxygen atoms in total. The number of piperidine rings is 1. The van der Waals surface area contributed by atoms with Crippen molar-refractivity contribution in [3.05, 3.63) is 35.2 Å². The maximum atomic E-state index is 12.6. The van der Waals surface area contributed by atoms with E-state index in [0.29, 0.717) is 11.6 Å². The Morgan fingerprint density at radius 3 is 2.41 bits per heavy atom. The SMILES string of the molecule is CNC1CCN(C(=O)c2ccc3nc(C)c(C)nc3c2)CC1. The Morgan fingerprint density at radius 2 is 1.77 bits per heavy atom. The summed E-state index contributed by atoms with van der Waals surface area (Å²) in [5.41, 5.74) is 4.17. The lowest BCUT2D eigenvalue weighted by molar-refractivity contribution is 0.0707. The summed E-state index contributed by atoms with van der Waals surface area (Å²) in [7, 11) is 1.98. The predicted molar refractivity (Wildman–Crippen MR) is 87.0 cm³/mol. The Bertz CT molecular complexity index is 705. The Balaban J connectivity index is 1.84. The number of rotatable bonds is 2. The van der Waals surface area contributed by atoms with Gasteiger partial charge in [-0.25, -0.2) is 9.97 Å². The minimum absolute atomic E-state index is 0.0940. The summed E-state index contributed by atoms with van der Waals surface area (Å²) in [5.74, 6) is 0.0940. The van der Waals surface area contributed by atoms with Crippen molar-refractivity contribution >= 4 is 16.9 Å². The van der Waals surface area contributed by atoms with E-state index in [9.17, 15) is 4.79 Å². The molecule has 1 N–H and O–H groups in total. The first-order valence-electron chi connectivity index (χ1n) is 7.80. The van der Waals surface area contributed by atoms with Crippen LogP contribution in [0.2, 0.25) is 0 Å². The second-order valence-electron chi connectivity index (χ2n) is 5.95. The van der Waals surface area contributed by atoms with E-state index in [1.807, 2.05) is 44.0 Å². The van der Waals surface area contributed by atoms with Gasteiger partial charge in [-0.2, -0.15) is 0 Å². The van der Waals surface area contributed by atoms with Crippen LogP contribution in [0.3, 0.4) is 0 Å². The molecule has 0 atom stereocenters. The molecule has 1 aliphatic rings. The average molecular weight is 298 g/mol. The van der Waals surface area contributed by atoms with E-state index in [0.717, 1.165) is 48.4 Å². The Kier molecular flexibility index (Phi) is 4.07. The molecule has 116 valence electrons. The number of carbonyl (C=O) groups excluding carboxylic acids is 1. The van der Waals surface area contributed by atoms with Gasteiger partial charge in [0.15, 0.2) is 0 Å². The number of nitrogens with zero attached hydrogens (tertiary/aromatic N) is 3. The monoisotopic (exact) mass is 298 g/mol. The maximum absolute atomic E-state index is 12.6. The van der Waals surface area contributed by atoms with Gasteiger partial charge in [-0.1, -0.05) is 0 Å². The molecule has 0 unspecified atom stereocenters. The van der Waals surface area contributed by atoms with Crippen molar-refractivity contribution in [1.82, 2.24) is 20.2 Å². The summed E-state index contributed by atoms with van der Waals surface area (Å²) < 4.78 is 0. The summed E-state index contributed by atoms with van der Waals surface area (Å²) >= 11 is 0. The number of aryl methyl sites for hydroxylation is 2. The summed E-state index contributed by atoms with van der Waals surface area (Å²) in [4.78, 5) is 23.6. The Morgan fingerprint density at radius 1 is 1.14 bits per heavy atom. The van der Waals surface area contributed by atoms with Crippen LogP contribution in [0.5, 0.6) is 0 Å². The van der Waals surface area contributed by atoms with Gasteiger partial charge in [0.2, 0.25) is 0 Å². The number of carbonyl (C=O) groups is 1. The average Bonchev–Trinajstić information content (AvgIpc) is 2.55. The third kappa shape index (κ3) is 2.81. The van der Waals surface area contributed by atoms with Gasteiger partial charge in [-0.3, -0.25) is 4.79 Å². The summed E-state index contributed by atoms with van der Waals surface area (Å²) in [6.07, 6.45) is 2.02. The fourth-order valence-corrected chi connectivity index (χ4v) is 2.92. The molecule has 3 rings (SSSR count). The highest BCUT2D eigenvalue weighted by atomic mass is 16.2. The maximum Gasteiger partial charge on any atom is 0.253 e. The molecule has 0 aliphatic carbocycles. The van der Waals surface area contributed by atoms with Gasteiger partial charge in [-0.05, 0) is 51.9 Å². The lowest BCUT2D eigenvalue weighted by Gasteiger charge is -2.31. The van der Waals surface area contributed by atoms with E-state index < -0.39 is 0 Å². The Hall–Kier alpha value is -2.01. The van der Waals surface area contributed by atoms with Gasteiger partial charge in [0.25, 0.3) is 5.91 Å². The zero-order valence-corrected chi connectivity index (χ0v) is 13.4. The van der Waals surface area contributed by atoms with E-state index in [1.165, 1.54) is 0 Å². The summed E-state index contributed by atoms with van der Waals surface area (Å²) in [5, 5.41) is 3.28. The first-order chi connectivity index (χ1) is 10.6. The number of benzene rings is 1. The van der Waals surface area contributed by atoms with Crippen LogP contribution in [0.25, 0.3) is 11.0 Å². The van der Waals surface area contributed by atoms with Crippen molar-refractivity contribution in [2.24, 2.45) is 0 Å². The quantitative estimate of drug-likeness (QED) is 0.922. The first-order valence-corrected chi connectivity index (χ1v) is 7.80. The number of aromatic nitrogens is 2. The number of hydrogen-bond acceptors (Lipinski definition) is 4. The van der Waals surface area contributed by atoms with Crippen LogP contribution in [0.4, 0.5) is 0 Å². The third-order valence-corrected chi connectivity index (χ3v) is 4.51. The number of amides is 1. The van der Waals surface area contributed by atoms with E-state index in [-0.39, 0.29) is 5.91 Å². The molecule has 5 heteroatoms. The molecule has 0 radical (unpaired) electrons. The lowest BCUT2D eigenvalue weighted by Crippen LogP contribution is -2.43. The molecular weight excluding hydrogens is 276 g/mol. The van der Waals surface area contributed by atoms with Crippen LogP contribution < -0.4 is 5.32 Å². The standard InChI is InChI=1S/C17H22N4O/c1-11-12(2)20-16-10-13(4-5-15(16)19-11)17(22)21-8-6-14(18-3)7-9-21/h4-5,10,14,18H,6-9H2,1-3H3. The first kappa shape index (κ1) is 14.9. The van der Waals surface area contributed by atoms with Gasteiger partial charge in [-0.15, -0.1) is 0 Å². The van der Waals surface area contributed by atoms with Crippen molar-refractivity contribution < 1.29 is 4.79 Å². The van der Waals surface area contributed by atoms with Gasteiger partial charge in [0, 0.05) is 24.7 Å². The van der Waals surface area contributed by atoms with Crippen LogP contribution in [0, 0.1) is 13.8 Å². The predicted octanol–water partition coefficient (Wildman–Crippen LogP) is 2.07. The summed E-state index contributed by atoms with van der Waals surface area (Å²) in [6.45, 7) is 5.51. The second kappa shape index (κ2) is 6.01. The number of hydrogen-bond donors (Lipinski definition) is 1. The van der Waals surface area contributed by atoms with E-state index in [2.05, 4.69) is 15.3 Å². The minimum Gasteiger partial charge on any atom is -0.339 e. The number of fused-ring (bicyclic) bond motifs is 1. The molecule has 1 aromatic heterocycles. The van der Waals surface area contributed by atoms with E-state index in [4.69, 9.17) is 0 Å². The molecule has 1 amide bonds. The van der Waals surface area contributed by atoms with Gasteiger partial charge in [0.1, 0.15) is 0 Å². The van der Waals surface area contributed by atoms with Gasteiger partial charge in [0.05, 0.1) is 22.4 Å². The zero-order valence-electron chi connectivity index (χ0n) is 13.4. The van der Waals surface area contributed by atoms with Crippen LogP contribution in [-0.2, 0) is 0 Å². The number of likely N-dealkylation sites (tertiary alicyclic amines) is 1. The molecule has 0 bridgehead atoms. The largest absolute Gasteiger partial charge is 0.339 e. The lowest BCUT2D eigenvalue weighted by atomic mass is 10.0. The highest BCUT2D eigenvalue weighted by Crippen LogP contribution is 2.18. The van der Waals surface area contributed by atoms with Crippen molar-refractivity contribution in [1.29, 1.82) is 0 Å². The minimum atomic E-state index is 0.0940. The van der Waals surface area contributed by atoms with Crippen LogP contribution in [-0.4, -0.2) is 47.0 Å². The van der Waals surface area contributed by atoms with Crippen LogP contribution in [0.15, 0.2) is 18.2 Å². The fourth-order valence-electron chi connectivity index (χ4n) is 2.92. The van der Waals surface area contributed by atoms with Gasteiger partial charge < -0.3 is 10.2 Å². The fraction of sp³-hybridized carbons (Fsp3) is 0.471.